The van der Waals surface area contributed by atoms with E-state index in [0.29, 0.717) is 18.7 Å². The number of rotatable bonds is 3. The molecule has 34 heavy (non-hydrogen) atoms. The Labute approximate surface area is 205 Å². The summed E-state index contributed by atoms with van der Waals surface area (Å²) in [7, 11) is -2.98. The summed E-state index contributed by atoms with van der Waals surface area (Å²) in [6.07, 6.45) is 0. The fourth-order valence-corrected chi connectivity index (χ4v) is 8.50. The van der Waals surface area contributed by atoms with Crippen LogP contribution in [-0.4, -0.2) is 73.4 Å². The minimum atomic E-state index is -2.98. The van der Waals surface area contributed by atoms with Crippen LogP contribution in [0.2, 0.25) is 0 Å². The largest absolute Gasteiger partial charge is 0.368 e. The van der Waals surface area contributed by atoms with Crippen molar-refractivity contribution in [1.82, 2.24) is 4.90 Å². The molecule has 9 heteroatoms. The van der Waals surface area contributed by atoms with Crippen molar-refractivity contribution in [3.05, 3.63) is 58.7 Å². The fourth-order valence-electron chi connectivity index (χ4n) is 4.83. The number of hydrogen-bond donors (Lipinski definition) is 1. The molecule has 5 rings (SSSR count). The highest BCUT2D eigenvalue weighted by Gasteiger charge is 2.42. The molecule has 3 aliphatic rings. The van der Waals surface area contributed by atoms with Crippen LogP contribution in [0.15, 0.2) is 41.4 Å². The maximum Gasteiger partial charge on any atom is 0.254 e. The van der Waals surface area contributed by atoms with Gasteiger partial charge in [0.25, 0.3) is 5.91 Å². The molecule has 2 aromatic carbocycles. The minimum Gasteiger partial charge on any atom is -0.368 e. The van der Waals surface area contributed by atoms with Crippen molar-refractivity contribution in [2.75, 3.05) is 47.9 Å². The van der Waals surface area contributed by atoms with Crippen molar-refractivity contribution in [2.24, 2.45) is 4.99 Å². The second-order valence-corrected chi connectivity index (χ2v) is 12.8. The van der Waals surface area contributed by atoms with Gasteiger partial charge < -0.3 is 15.1 Å². The van der Waals surface area contributed by atoms with Gasteiger partial charge in [0.05, 0.1) is 17.5 Å². The van der Waals surface area contributed by atoms with E-state index in [1.165, 1.54) is 28.6 Å². The summed E-state index contributed by atoms with van der Waals surface area (Å²) in [4.78, 5) is 22.1. The molecule has 0 spiro atoms. The van der Waals surface area contributed by atoms with E-state index in [-0.39, 0.29) is 28.7 Å². The molecular weight excluding hydrogens is 468 g/mol. The minimum absolute atomic E-state index is 0.00837. The quantitative estimate of drug-likeness (QED) is 0.700. The van der Waals surface area contributed by atoms with Crippen molar-refractivity contribution < 1.29 is 13.2 Å². The molecule has 0 bridgehead atoms. The number of thioether (sulfide) groups is 1. The summed E-state index contributed by atoms with van der Waals surface area (Å²) in [6, 6.07) is 11.9. The Morgan fingerprint density at radius 2 is 1.79 bits per heavy atom. The molecule has 1 N–H and O–H groups in total. The first kappa shape index (κ1) is 23.2. The Kier molecular flexibility index (Phi) is 6.10. The highest BCUT2D eigenvalue weighted by Crippen LogP contribution is 2.35. The highest BCUT2D eigenvalue weighted by molar-refractivity contribution is 8.15. The fraction of sp³-hybridized carbons (Fsp3) is 0.440. The summed E-state index contributed by atoms with van der Waals surface area (Å²) in [6.45, 7) is 9.27. The number of nitrogens with zero attached hydrogens (tertiary/aromatic N) is 3. The van der Waals surface area contributed by atoms with E-state index in [1.807, 2.05) is 30.0 Å². The van der Waals surface area contributed by atoms with E-state index < -0.39 is 9.84 Å². The summed E-state index contributed by atoms with van der Waals surface area (Å²) >= 11 is 1.49. The van der Waals surface area contributed by atoms with Crippen LogP contribution in [0.5, 0.6) is 0 Å². The first-order chi connectivity index (χ1) is 16.2. The molecular formula is C25H30N4O3S2. The van der Waals surface area contributed by atoms with Crippen LogP contribution in [0, 0.1) is 20.8 Å². The van der Waals surface area contributed by atoms with Crippen LogP contribution >= 0.6 is 11.8 Å². The number of carbonyl (C=O) groups is 1. The molecule has 0 saturated carbocycles. The van der Waals surface area contributed by atoms with Crippen molar-refractivity contribution in [1.29, 1.82) is 0 Å². The predicted octanol–water partition coefficient (Wildman–Crippen LogP) is 3.25. The molecule has 0 aliphatic carbocycles. The van der Waals surface area contributed by atoms with Crippen molar-refractivity contribution in [3.8, 4) is 0 Å². The number of nitrogens with one attached hydrogen (secondary N) is 1. The normalized spacial score (nSPS) is 23.6. The van der Waals surface area contributed by atoms with Gasteiger partial charge in [-0.1, -0.05) is 30.0 Å². The van der Waals surface area contributed by atoms with Gasteiger partial charge in [0.15, 0.2) is 15.0 Å². The Hall–Kier alpha value is -2.52. The van der Waals surface area contributed by atoms with Crippen LogP contribution in [0.4, 0.5) is 11.4 Å². The van der Waals surface area contributed by atoms with E-state index >= 15 is 0 Å². The van der Waals surface area contributed by atoms with Gasteiger partial charge in [-0.25, -0.2) is 8.42 Å². The molecule has 180 valence electrons. The van der Waals surface area contributed by atoms with Crippen LogP contribution in [0.3, 0.4) is 0 Å². The number of benzene rings is 2. The molecule has 2 saturated heterocycles. The Bertz CT molecular complexity index is 1270. The molecule has 0 aromatic heterocycles. The standard InChI is InChI=1S/C25H30N4O3S2/c1-16-5-4-6-22(18(16)3)28-9-11-29(12-10-28)24(30)19-8-7-17(2)20(13-19)26-25-27-21-14-34(31,32)15-23(21)33-25/h4-8,13,21,23H,9-12,14-15H2,1-3H3,(H,26,27). The summed E-state index contributed by atoms with van der Waals surface area (Å²) in [5.74, 6) is 0.344. The lowest BCUT2D eigenvalue weighted by Crippen LogP contribution is -2.49. The highest BCUT2D eigenvalue weighted by atomic mass is 32.2. The van der Waals surface area contributed by atoms with Gasteiger partial charge in [0.2, 0.25) is 0 Å². The van der Waals surface area contributed by atoms with Crippen molar-refractivity contribution in [2.45, 2.75) is 32.1 Å². The molecule has 2 aromatic rings. The number of aryl methyl sites for hydroxylation is 2. The predicted molar refractivity (Wildman–Crippen MR) is 140 cm³/mol. The summed E-state index contributed by atoms with van der Waals surface area (Å²) in [5, 5.41) is 4.07. The van der Waals surface area contributed by atoms with Crippen LogP contribution in [-0.2, 0) is 9.84 Å². The van der Waals surface area contributed by atoms with Gasteiger partial charge in [0.1, 0.15) is 0 Å². The first-order valence-electron chi connectivity index (χ1n) is 11.6. The number of carbonyl (C=O) groups excluding carboxylic acids is 1. The van der Waals surface area contributed by atoms with Gasteiger partial charge in [-0.15, -0.1) is 0 Å². The number of hydrogen-bond acceptors (Lipinski definition) is 7. The molecule has 2 atom stereocenters. The maximum atomic E-state index is 13.3. The number of amides is 1. The number of fused-ring (bicyclic) bond motifs is 1. The van der Waals surface area contributed by atoms with Gasteiger partial charge in [-0.3, -0.25) is 9.79 Å². The average molecular weight is 499 g/mol. The molecule has 7 nitrogen and oxygen atoms in total. The third kappa shape index (κ3) is 4.55. The molecule has 1 amide bonds. The molecule has 0 radical (unpaired) electrons. The van der Waals surface area contributed by atoms with Gasteiger partial charge >= 0.3 is 0 Å². The number of anilines is 2. The molecule has 3 aliphatic heterocycles. The molecule has 3 heterocycles. The second-order valence-electron chi connectivity index (χ2n) is 9.39. The number of sulfone groups is 1. The van der Waals surface area contributed by atoms with E-state index in [4.69, 9.17) is 0 Å². The van der Waals surface area contributed by atoms with Crippen molar-refractivity contribution in [3.63, 3.8) is 0 Å². The SMILES string of the molecule is Cc1ccc(C(=O)N2CCN(c3cccc(C)c3C)CC2)cc1NC1=NC2CS(=O)(=O)CC2S1. The third-order valence-corrected chi connectivity index (χ3v) is 10.2. The Balaban J connectivity index is 1.25. The molecule has 2 fully saturated rings. The Morgan fingerprint density at radius 1 is 1.03 bits per heavy atom. The zero-order chi connectivity index (χ0) is 24.0. The maximum absolute atomic E-state index is 13.3. The first-order valence-corrected chi connectivity index (χ1v) is 14.3. The van der Waals surface area contributed by atoms with Gasteiger partial charge in [-0.05, 0) is 55.7 Å². The zero-order valence-corrected chi connectivity index (χ0v) is 21.4. The van der Waals surface area contributed by atoms with Crippen LogP contribution in [0.25, 0.3) is 0 Å². The lowest BCUT2D eigenvalue weighted by Gasteiger charge is -2.37. The smallest absolute Gasteiger partial charge is 0.254 e. The number of amidine groups is 1. The summed E-state index contributed by atoms with van der Waals surface area (Å²) < 4.78 is 23.6. The Morgan fingerprint density at radius 3 is 2.53 bits per heavy atom. The molecule has 2 unspecified atom stereocenters. The lowest BCUT2D eigenvalue weighted by molar-refractivity contribution is 0.0747. The number of aliphatic imine (C=N–C) groups is 1. The van der Waals surface area contributed by atoms with E-state index in [2.05, 4.69) is 47.3 Å². The van der Waals surface area contributed by atoms with Crippen LogP contribution in [0.1, 0.15) is 27.0 Å². The average Bonchev–Trinajstić information content (AvgIpc) is 3.29. The van der Waals surface area contributed by atoms with Crippen LogP contribution < -0.4 is 10.2 Å². The van der Waals surface area contributed by atoms with E-state index in [9.17, 15) is 13.2 Å². The third-order valence-electron chi connectivity index (χ3n) is 7.03. The van der Waals surface area contributed by atoms with Gasteiger partial charge in [-0.2, -0.15) is 0 Å². The van der Waals surface area contributed by atoms with Gasteiger partial charge in [0, 0.05) is 48.4 Å². The monoisotopic (exact) mass is 498 g/mol. The van der Waals surface area contributed by atoms with E-state index in [0.717, 1.165) is 29.5 Å². The lowest BCUT2D eigenvalue weighted by atomic mass is 10.1. The summed E-state index contributed by atoms with van der Waals surface area (Å²) in [5.41, 5.74) is 6.34. The zero-order valence-electron chi connectivity index (χ0n) is 19.7. The number of piperazine rings is 1. The van der Waals surface area contributed by atoms with E-state index in [1.54, 1.807) is 0 Å². The topological polar surface area (TPSA) is 82.1 Å². The second kappa shape index (κ2) is 8.92. The van der Waals surface area contributed by atoms with Crippen molar-refractivity contribution >= 4 is 44.0 Å².